The molecule has 1 aromatic heterocycles. The number of hydrogen-bond acceptors (Lipinski definition) is 3. The van der Waals surface area contributed by atoms with Crippen LogP contribution in [-0.4, -0.2) is 22.2 Å². The summed E-state index contributed by atoms with van der Waals surface area (Å²) in [5, 5.41) is 7.10. The highest BCUT2D eigenvalue weighted by atomic mass is 16.1. The lowest BCUT2D eigenvalue weighted by atomic mass is 9.94. The van der Waals surface area contributed by atoms with Crippen LogP contribution in [0.5, 0.6) is 0 Å². The molecule has 5 heteroatoms. The number of hydrogen-bond donors (Lipinski definition) is 2. The standard InChI is InChI=1S/C14H26N4O/c1-10(2)5-12(7-15)6-14(19)16-8-13-9-17-18(4)11(13)3/h9-10,12H,5-8,15H2,1-4H3,(H,16,19). The van der Waals surface area contributed by atoms with E-state index in [1.165, 1.54) is 0 Å². The normalized spacial score (nSPS) is 12.7. The fraction of sp³-hybridized carbons (Fsp3) is 0.714. The lowest BCUT2D eigenvalue weighted by Crippen LogP contribution is -2.28. The van der Waals surface area contributed by atoms with Crippen molar-refractivity contribution in [3.63, 3.8) is 0 Å². The van der Waals surface area contributed by atoms with E-state index in [1.807, 2.05) is 18.7 Å². The maximum atomic E-state index is 11.9. The third kappa shape index (κ3) is 5.03. The molecule has 0 aliphatic rings. The van der Waals surface area contributed by atoms with Gasteiger partial charge < -0.3 is 11.1 Å². The van der Waals surface area contributed by atoms with Gasteiger partial charge in [-0.05, 0) is 31.7 Å². The van der Waals surface area contributed by atoms with Gasteiger partial charge in [-0.15, -0.1) is 0 Å². The van der Waals surface area contributed by atoms with Gasteiger partial charge in [0.05, 0.1) is 6.20 Å². The predicted molar refractivity (Wildman–Crippen MR) is 76.4 cm³/mol. The largest absolute Gasteiger partial charge is 0.352 e. The minimum atomic E-state index is 0.0688. The predicted octanol–water partition coefficient (Wildman–Crippen LogP) is 1.36. The van der Waals surface area contributed by atoms with Gasteiger partial charge in [0.1, 0.15) is 0 Å². The van der Waals surface area contributed by atoms with Crippen LogP contribution in [0.15, 0.2) is 6.20 Å². The van der Waals surface area contributed by atoms with Crippen LogP contribution in [0.4, 0.5) is 0 Å². The molecule has 5 nitrogen and oxygen atoms in total. The second kappa shape index (κ2) is 7.28. The number of nitrogens with two attached hydrogens (primary N) is 1. The smallest absolute Gasteiger partial charge is 0.220 e. The zero-order chi connectivity index (χ0) is 14.4. The quantitative estimate of drug-likeness (QED) is 0.782. The maximum absolute atomic E-state index is 11.9. The number of carbonyl (C=O) groups is 1. The van der Waals surface area contributed by atoms with Crippen LogP contribution in [0.3, 0.4) is 0 Å². The van der Waals surface area contributed by atoms with Crippen molar-refractivity contribution in [2.75, 3.05) is 6.54 Å². The minimum absolute atomic E-state index is 0.0688. The molecule has 0 spiro atoms. The highest BCUT2D eigenvalue weighted by molar-refractivity contribution is 5.76. The van der Waals surface area contributed by atoms with Crippen molar-refractivity contribution in [3.05, 3.63) is 17.5 Å². The molecule has 108 valence electrons. The monoisotopic (exact) mass is 266 g/mol. The van der Waals surface area contributed by atoms with E-state index >= 15 is 0 Å². The summed E-state index contributed by atoms with van der Waals surface area (Å²) in [6.45, 7) is 7.41. The van der Waals surface area contributed by atoms with Gasteiger partial charge in [0.2, 0.25) is 5.91 Å². The van der Waals surface area contributed by atoms with Crippen LogP contribution in [0, 0.1) is 18.8 Å². The topological polar surface area (TPSA) is 72.9 Å². The Kier molecular flexibility index (Phi) is 6.02. The van der Waals surface area contributed by atoms with Crippen molar-refractivity contribution in [2.24, 2.45) is 24.6 Å². The summed E-state index contributed by atoms with van der Waals surface area (Å²) in [4.78, 5) is 11.9. The molecular formula is C14H26N4O. The fourth-order valence-corrected chi connectivity index (χ4v) is 2.18. The molecule has 1 unspecified atom stereocenters. The van der Waals surface area contributed by atoms with Gasteiger partial charge >= 0.3 is 0 Å². The number of carbonyl (C=O) groups excluding carboxylic acids is 1. The Morgan fingerprint density at radius 1 is 1.53 bits per heavy atom. The van der Waals surface area contributed by atoms with Crippen LogP contribution in [0.1, 0.15) is 37.9 Å². The number of nitrogens with one attached hydrogen (secondary N) is 1. The van der Waals surface area contributed by atoms with E-state index in [1.54, 1.807) is 6.20 Å². The van der Waals surface area contributed by atoms with Crippen LogP contribution < -0.4 is 11.1 Å². The summed E-state index contributed by atoms with van der Waals surface area (Å²) in [6.07, 6.45) is 3.30. The molecule has 1 rings (SSSR count). The lowest BCUT2D eigenvalue weighted by Gasteiger charge is -2.16. The summed E-state index contributed by atoms with van der Waals surface area (Å²) in [7, 11) is 1.90. The minimum Gasteiger partial charge on any atom is -0.352 e. The van der Waals surface area contributed by atoms with Gasteiger partial charge in [-0.1, -0.05) is 13.8 Å². The number of amides is 1. The number of rotatable bonds is 7. The number of aryl methyl sites for hydroxylation is 1. The molecule has 1 aromatic rings. The summed E-state index contributed by atoms with van der Waals surface area (Å²) in [6, 6.07) is 0. The summed E-state index contributed by atoms with van der Waals surface area (Å²) in [5.41, 5.74) is 7.85. The lowest BCUT2D eigenvalue weighted by molar-refractivity contribution is -0.122. The van der Waals surface area contributed by atoms with E-state index in [0.29, 0.717) is 25.4 Å². The van der Waals surface area contributed by atoms with Crippen molar-refractivity contribution in [1.29, 1.82) is 0 Å². The highest BCUT2D eigenvalue weighted by Crippen LogP contribution is 2.14. The molecule has 0 bridgehead atoms. The zero-order valence-electron chi connectivity index (χ0n) is 12.4. The van der Waals surface area contributed by atoms with Crippen LogP contribution >= 0.6 is 0 Å². The van der Waals surface area contributed by atoms with E-state index in [-0.39, 0.29) is 11.8 Å². The first-order valence-electron chi connectivity index (χ1n) is 6.88. The van der Waals surface area contributed by atoms with Gasteiger partial charge in [0.15, 0.2) is 0 Å². The molecule has 0 saturated heterocycles. The van der Waals surface area contributed by atoms with Gasteiger partial charge in [-0.25, -0.2) is 0 Å². The highest BCUT2D eigenvalue weighted by Gasteiger charge is 2.14. The molecule has 19 heavy (non-hydrogen) atoms. The number of nitrogens with zero attached hydrogens (tertiary/aromatic N) is 2. The molecule has 1 amide bonds. The van der Waals surface area contributed by atoms with E-state index in [9.17, 15) is 4.79 Å². The first kappa shape index (κ1) is 15.7. The zero-order valence-corrected chi connectivity index (χ0v) is 12.4. The molecule has 3 N–H and O–H groups in total. The molecular weight excluding hydrogens is 240 g/mol. The second-order valence-electron chi connectivity index (χ2n) is 5.59. The molecule has 0 aliphatic carbocycles. The summed E-state index contributed by atoms with van der Waals surface area (Å²) < 4.78 is 1.81. The van der Waals surface area contributed by atoms with Crippen LogP contribution in [0.25, 0.3) is 0 Å². The third-order valence-electron chi connectivity index (χ3n) is 3.43. The maximum Gasteiger partial charge on any atom is 0.220 e. The molecule has 0 fully saturated rings. The van der Waals surface area contributed by atoms with E-state index in [2.05, 4.69) is 24.3 Å². The molecule has 0 saturated carbocycles. The van der Waals surface area contributed by atoms with Crippen molar-refractivity contribution in [2.45, 2.75) is 40.2 Å². The Morgan fingerprint density at radius 2 is 2.21 bits per heavy atom. The van der Waals surface area contributed by atoms with Gasteiger partial charge in [0, 0.05) is 31.3 Å². The molecule has 0 radical (unpaired) electrons. The van der Waals surface area contributed by atoms with Crippen molar-refractivity contribution >= 4 is 5.91 Å². The Hall–Kier alpha value is -1.36. The van der Waals surface area contributed by atoms with E-state index in [4.69, 9.17) is 5.73 Å². The Morgan fingerprint density at radius 3 is 2.68 bits per heavy atom. The first-order valence-corrected chi connectivity index (χ1v) is 6.88. The van der Waals surface area contributed by atoms with Gasteiger partial charge in [0.25, 0.3) is 0 Å². The summed E-state index contributed by atoms with van der Waals surface area (Å²) >= 11 is 0. The average Bonchev–Trinajstić information content (AvgIpc) is 2.66. The fourth-order valence-electron chi connectivity index (χ4n) is 2.18. The third-order valence-corrected chi connectivity index (χ3v) is 3.43. The average molecular weight is 266 g/mol. The number of aromatic nitrogens is 2. The van der Waals surface area contributed by atoms with Gasteiger partial charge in [-0.3, -0.25) is 9.48 Å². The summed E-state index contributed by atoms with van der Waals surface area (Å²) in [5.74, 6) is 0.913. The van der Waals surface area contributed by atoms with Crippen molar-refractivity contribution in [1.82, 2.24) is 15.1 Å². The molecule has 0 aliphatic heterocycles. The molecule has 0 aromatic carbocycles. The SMILES string of the molecule is Cc1c(CNC(=O)CC(CN)CC(C)C)cnn1C. The Balaban J connectivity index is 2.40. The van der Waals surface area contributed by atoms with Crippen LogP contribution in [0.2, 0.25) is 0 Å². The van der Waals surface area contributed by atoms with E-state index in [0.717, 1.165) is 17.7 Å². The van der Waals surface area contributed by atoms with Crippen LogP contribution in [-0.2, 0) is 18.4 Å². The first-order chi connectivity index (χ1) is 8.93. The molecule has 1 atom stereocenters. The second-order valence-corrected chi connectivity index (χ2v) is 5.59. The van der Waals surface area contributed by atoms with Gasteiger partial charge in [-0.2, -0.15) is 5.10 Å². The molecule has 1 heterocycles. The van der Waals surface area contributed by atoms with Crippen molar-refractivity contribution < 1.29 is 4.79 Å². The Labute approximate surface area is 115 Å². The van der Waals surface area contributed by atoms with Crippen molar-refractivity contribution in [3.8, 4) is 0 Å². The Bertz CT molecular complexity index is 412. The van der Waals surface area contributed by atoms with E-state index < -0.39 is 0 Å².